The zero-order chi connectivity index (χ0) is 20.1. The van der Waals surface area contributed by atoms with E-state index in [9.17, 15) is 8.78 Å². The first-order valence-electron chi connectivity index (χ1n) is 8.75. The molecule has 2 aromatic rings. The molecule has 0 atom stereocenters. The minimum absolute atomic E-state index is 0. The predicted molar refractivity (Wildman–Crippen MR) is 120 cm³/mol. The van der Waals surface area contributed by atoms with Crippen LogP contribution in [0.25, 0.3) is 0 Å². The molecule has 0 saturated carbocycles. The Morgan fingerprint density at radius 3 is 2.62 bits per heavy atom. The molecule has 6 nitrogen and oxygen atoms in total. The Hall–Kier alpha value is -1.82. The van der Waals surface area contributed by atoms with Crippen LogP contribution in [0.5, 0.6) is 17.2 Å². The van der Waals surface area contributed by atoms with Crippen LogP contribution in [-0.4, -0.2) is 33.0 Å². The summed E-state index contributed by atoms with van der Waals surface area (Å²) >= 11 is 1.70. The van der Waals surface area contributed by atoms with Crippen molar-refractivity contribution < 1.29 is 23.0 Å². The standard InChI is InChI=1S/C19H23F2N3O3S.HI/c1-19(2,16-5-4-6-28-16)10-24-18(22-3)23-9-12-7-14-15(26-11-25-14)8-13(12)27-17(20)21;/h4-8,17H,9-11H2,1-3H3,(H2,22,23,24);1H. The third kappa shape index (κ3) is 6.08. The van der Waals surface area contributed by atoms with E-state index in [-0.39, 0.29) is 48.5 Å². The van der Waals surface area contributed by atoms with Crippen molar-refractivity contribution in [3.8, 4) is 17.2 Å². The van der Waals surface area contributed by atoms with Crippen LogP contribution < -0.4 is 24.8 Å². The zero-order valence-corrected chi connectivity index (χ0v) is 19.5. The number of fused-ring (bicyclic) bond motifs is 1. The average molecular weight is 539 g/mol. The van der Waals surface area contributed by atoms with Crippen LogP contribution in [0, 0.1) is 0 Å². The number of benzene rings is 1. The smallest absolute Gasteiger partial charge is 0.387 e. The number of hydrogen-bond donors (Lipinski definition) is 2. The van der Waals surface area contributed by atoms with Crippen molar-refractivity contribution in [3.05, 3.63) is 40.1 Å². The lowest BCUT2D eigenvalue weighted by atomic mass is 9.91. The molecule has 10 heteroatoms. The lowest BCUT2D eigenvalue weighted by Crippen LogP contribution is -2.43. The van der Waals surface area contributed by atoms with Gasteiger partial charge in [0.15, 0.2) is 17.5 Å². The molecule has 1 aliphatic heterocycles. The quantitative estimate of drug-likeness (QED) is 0.312. The lowest BCUT2D eigenvalue weighted by Gasteiger charge is -2.25. The van der Waals surface area contributed by atoms with Gasteiger partial charge in [-0.05, 0) is 17.5 Å². The topological polar surface area (TPSA) is 64.1 Å². The monoisotopic (exact) mass is 539 g/mol. The van der Waals surface area contributed by atoms with E-state index < -0.39 is 6.61 Å². The molecule has 2 heterocycles. The Morgan fingerprint density at radius 1 is 1.28 bits per heavy atom. The van der Waals surface area contributed by atoms with Crippen LogP contribution in [0.2, 0.25) is 0 Å². The molecule has 160 valence electrons. The van der Waals surface area contributed by atoms with Crippen molar-refractivity contribution in [1.29, 1.82) is 0 Å². The summed E-state index contributed by atoms with van der Waals surface area (Å²) in [6.45, 7) is 2.31. The third-order valence-corrected chi connectivity index (χ3v) is 5.56. The van der Waals surface area contributed by atoms with Gasteiger partial charge in [0, 0.05) is 42.1 Å². The van der Waals surface area contributed by atoms with Gasteiger partial charge in [-0.2, -0.15) is 8.78 Å². The van der Waals surface area contributed by atoms with Gasteiger partial charge in [-0.3, -0.25) is 4.99 Å². The van der Waals surface area contributed by atoms with Crippen LogP contribution in [0.4, 0.5) is 8.78 Å². The molecule has 0 spiro atoms. The first-order valence-corrected chi connectivity index (χ1v) is 9.63. The average Bonchev–Trinajstić information content (AvgIpc) is 3.33. The molecule has 1 aromatic heterocycles. The van der Waals surface area contributed by atoms with Gasteiger partial charge in [0.2, 0.25) is 6.79 Å². The maximum absolute atomic E-state index is 12.8. The number of hydrogen-bond acceptors (Lipinski definition) is 5. The summed E-state index contributed by atoms with van der Waals surface area (Å²) in [5, 5.41) is 8.46. The highest BCUT2D eigenvalue weighted by Crippen LogP contribution is 2.38. The predicted octanol–water partition coefficient (Wildman–Crippen LogP) is 4.34. The molecule has 0 unspecified atom stereocenters. The van der Waals surface area contributed by atoms with E-state index in [0.29, 0.717) is 29.6 Å². The zero-order valence-electron chi connectivity index (χ0n) is 16.3. The van der Waals surface area contributed by atoms with E-state index >= 15 is 0 Å². The molecule has 0 amide bonds. The molecule has 0 saturated heterocycles. The van der Waals surface area contributed by atoms with E-state index in [1.54, 1.807) is 24.5 Å². The molecule has 0 fully saturated rings. The van der Waals surface area contributed by atoms with Crippen LogP contribution in [0.15, 0.2) is 34.6 Å². The number of rotatable bonds is 7. The van der Waals surface area contributed by atoms with E-state index in [0.717, 1.165) is 0 Å². The largest absolute Gasteiger partial charge is 0.454 e. The molecule has 0 bridgehead atoms. The molecule has 1 aromatic carbocycles. The van der Waals surface area contributed by atoms with Crippen molar-refractivity contribution in [3.63, 3.8) is 0 Å². The second-order valence-electron chi connectivity index (χ2n) is 6.83. The van der Waals surface area contributed by atoms with Crippen molar-refractivity contribution >= 4 is 41.3 Å². The molecule has 3 rings (SSSR count). The highest BCUT2D eigenvalue weighted by molar-refractivity contribution is 14.0. The third-order valence-electron chi connectivity index (χ3n) is 4.33. The number of nitrogens with one attached hydrogen (secondary N) is 2. The fraction of sp³-hybridized carbons (Fsp3) is 0.421. The van der Waals surface area contributed by atoms with Crippen LogP contribution >= 0.6 is 35.3 Å². The number of thiophene rings is 1. The van der Waals surface area contributed by atoms with Crippen molar-refractivity contribution in [1.82, 2.24) is 10.6 Å². The fourth-order valence-electron chi connectivity index (χ4n) is 2.76. The summed E-state index contributed by atoms with van der Waals surface area (Å²) in [6, 6.07) is 7.18. The molecule has 1 aliphatic rings. The first kappa shape index (κ1) is 23.5. The lowest BCUT2D eigenvalue weighted by molar-refractivity contribution is -0.0505. The van der Waals surface area contributed by atoms with Gasteiger partial charge in [0.1, 0.15) is 5.75 Å². The van der Waals surface area contributed by atoms with Gasteiger partial charge in [-0.15, -0.1) is 35.3 Å². The minimum Gasteiger partial charge on any atom is -0.454 e. The van der Waals surface area contributed by atoms with Crippen molar-refractivity contribution in [2.75, 3.05) is 20.4 Å². The minimum atomic E-state index is -2.93. The Kier molecular flexibility index (Phi) is 8.32. The van der Waals surface area contributed by atoms with Gasteiger partial charge in [0.05, 0.1) is 0 Å². The highest BCUT2D eigenvalue weighted by Gasteiger charge is 2.23. The number of alkyl halides is 2. The van der Waals surface area contributed by atoms with E-state index in [2.05, 4.69) is 40.3 Å². The van der Waals surface area contributed by atoms with Crippen molar-refractivity contribution in [2.24, 2.45) is 4.99 Å². The summed E-state index contributed by atoms with van der Waals surface area (Å²) in [5.41, 5.74) is 0.444. The maximum Gasteiger partial charge on any atom is 0.387 e. The second-order valence-corrected chi connectivity index (χ2v) is 7.78. The van der Waals surface area contributed by atoms with Crippen LogP contribution in [-0.2, 0) is 12.0 Å². The number of guanidine groups is 1. The van der Waals surface area contributed by atoms with Crippen LogP contribution in [0.3, 0.4) is 0 Å². The number of aliphatic imine (C=N–C) groups is 1. The Bertz CT molecular complexity index is 832. The summed E-state index contributed by atoms with van der Waals surface area (Å²) < 4.78 is 40.7. The van der Waals surface area contributed by atoms with E-state index in [4.69, 9.17) is 9.47 Å². The normalized spacial score (nSPS) is 13.2. The summed E-state index contributed by atoms with van der Waals surface area (Å²) in [7, 11) is 1.66. The SMILES string of the molecule is CN=C(NCc1cc2c(cc1OC(F)F)OCO2)NCC(C)(C)c1cccs1.I. The summed E-state index contributed by atoms with van der Waals surface area (Å²) in [6.07, 6.45) is 0. The van der Waals surface area contributed by atoms with Crippen LogP contribution in [0.1, 0.15) is 24.3 Å². The number of ether oxygens (including phenoxy) is 3. The van der Waals surface area contributed by atoms with E-state index in [1.807, 2.05) is 11.4 Å². The number of nitrogens with zero attached hydrogens (tertiary/aromatic N) is 1. The Morgan fingerprint density at radius 2 is 2.00 bits per heavy atom. The molecule has 2 N–H and O–H groups in total. The first-order chi connectivity index (χ1) is 13.4. The summed E-state index contributed by atoms with van der Waals surface area (Å²) in [5.74, 6) is 1.49. The second kappa shape index (κ2) is 10.3. The molecule has 0 radical (unpaired) electrons. The fourth-order valence-corrected chi connectivity index (χ4v) is 3.62. The molecule has 29 heavy (non-hydrogen) atoms. The van der Waals surface area contributed by atoms with Gasteiger partial charge in [-0.25, -0.2) is 0 Å². The van der Waals surface area contributed by atoms with Gasteiger partial charge < -0.3 is 24.8 Å². The van der Waals surface area contributed by atoms with Gasteiger partial charge >= 0.3 is 6.61 Å². The maximum atomic E-state index is 12.8. The Labute approximate surface area is 189 Å². The highest BCUT2D eigenvalue weighted by atomic mass is 127. The van der Waals surface area contributed by atoms with Crippen molar-refractivity contribution in [2.45, 2.75) is 32.4 Å². The number of halogens is 3. The molecule has 0 aliphatic carbocycles. The Balaban J connectivity index is 0.00000300. The molecular weight excluding hydrogens is 515 g/mol. The van der Waals surface area contributed by atoms with Gasteiger partial charge in [-0.1, -0.05) is 19.9 Å². The van der Waals surface area contributed by atoms with Gasteiger partial charge in [0.25, 0.3) is 0 Å². The summed E-state index contributed by atoms with van der Waals surface area (Å²) in [4.78, 5) is 5.47. The van der Waals surface area contributed by atoms with E-state index in [1.165, 1.54) is 10.9 Å². The molecular formula is C19H24F2IN3O3S.